The molecule has 3 rings (SSSR count). The van der Waals surface area contributed by atoms with Crippen LogP contribution in [0.1, 0.15) is 5.56 Å². The third-order valence-electron chi connectivity index (χ3n) is 4.77. The molecule has 0 unspecified atom stereocenters. The molecule has 1 aliphatic heterocycles. The minimum atomic E-state index is -3.77. The number of carbonyl (C=O) groups excluding carboxylic acids is 1. The molecular formula is C19H21N3O6S. The number of carbonyl (C=O) groups is 1. The van der Waals surface area contributed by atoms with Gasteiger partial charge >= 0.3 is 0 Å². The van der Waals surface area contributed by atoms with Crippen molar-refractivity contribution in [3.05, 3.63) is 64.2 Å². The molecule has 0 aliphatic carbocycles. The summed E-state index contributed by atoms with van der Waals surface area (Å²) >= 11 is 0. The Balaban J connectivity index is 1.61. The molecule has 0 saturated carbocycles. The molecule has 2 aromatic rings. The molecule has 9 nitrogen and oxygen atoms in total. The van der Waals surface area contributed by atoms with Crippen LogP contribution < -0.4 is 4.74 Å². The first kappa shape index (κ1) is 20.7. The number of nitro benzene ring substituents is 1. The van der Waals surface area contributed by atoms with E-state index >= 15 is 0 Å². The topological polar surface area (TPSA) is 110 Å². The van der Waals surface area contributed by atoms with Gasteiger partial charge in [0.15, 0.2) is 0 Å². The number of nitrogens with zero attached hydrogens (tertiary/aromatic N) is 3. The van der Waals surface area contributed by atoms with Crippen molar-refractivity contribution in [1.29, 1.82) is 0 Å². The van der Waals surface area contributed by atoms with E-state index in [4.69, 9.17) is 4.74 Å². The van der Waals surface area contributed by atoms with Gasteiger partial charge in [0.2, 0.25) is 15.9 Å². The molecule has 1 heterocycles. The van der Waals surface area contributed by atoms with Crippen molar-refractivity contribution < 1.29 is 22.9 Å². The molecule has 0 N–H and O–H groups in total. The van der Waals surface area contributed by atoms with E-state index in [2.05, 4.69) is 0 Å². The van der Waals surface area contributed by atoms with Crippen LogP contribution in [0.25, 0.3) is 0 Å². The van der Waals surface area contributed by atoms with Gasteiger partial charge in [-0.3, -0.25) is 14.9 Å². The second-order valence-electron chi connectivity index (χ2n) is 6.56. The summed E-state index contributed by atoms with van der Waals surface area (Å²) in [5, 5.41) is 10.7. The van der Waals surface area contributed by atoms with Crippen LogP contribution in [0.5, 0.6) is 5.75 Å². The average molecular weight is 419 g/mol. The highest BCUT2D eigenvalue weighted by Crippen LogP contribution is 2.21. The number of hydrogen-bond acceptors (Lipinski definition) is 6. The molecule has 29 heavy (non-hydrogen) atoms. The molecular weight excluding hydrogens is 398 g/mol. The van der Waals surface area contributed by atoms with Gasteiger partial charge in [-0.2, -0.15) is 4.31 Å². The Labute approximate surface area is 168 Å². The number of rotatable bonds is 6. The monoisotopic (exact) mass is 419 g/mol. The van der Waals surface area contributed by atoms with Gasteiger partial charge in [-0.25, -0.2) is 8.42 Å². The zero-order valence-corrected chi connectivity index (χ0v) is 16.7. The van der Waals surface area contributed by atoms with Crippen LogP contribution in [0.3, 0.4) is 0 Å². The second-order valence-corrected chi connectivity index (χ2v) is 8.50. The Morgan fingerprint density at radius 3 is 2.34 bits per heavy atom. The van der Waals surface area contributed by atoms with Gasteiger partial charge < -0.3 is 9.64 Å². The lowest BCUT2D eigenvalue weighted by molar-refractivity contribution is -0.384. The largest absolute Gasteiger partial charge is 0.497 e. The Bertz CT molecular complexity index is 999. The SMILES string of the molecule is COc1cccc(CC(=O)N2CCN(S(=O)(=O)c3ccc([N+](=O)[O-])cc3)CC2)c1. The highest BCUT2D eigenvalue weighted by molar-refractivity contribution is 7.89. The highest BCUT2D eigenvalue weighted by atomic mass is 32.2. The molecule has 154 valence electrons. The molecule has 0 aromatic heterocycles. The second kappa shape index (κ2) is 8.58. The number of benzene rings is 2. The first-order valence-electron chi connectivity index (χ1n) is 8.96. The Morgan fingerprint density at radius 1 is 1.10 bits per heavy atom. The van der Waals surface area contributed by atoms with E-state index in [-0.39, 0.29) is 49.1 Å². The predicted molar refractivity (Wildman–Crippen MR) is 105 cm³/mol. The van der Waals surface area contributed by atoms with Crippen molar-refractivity contribution >= 4 is 21.6 Å². The van der Waals surface area contributed by atoms with Gasteiger partial charge in [0.05, 0.1) is 23.3 Å². The summed E-state index contributed by atoms with van der Waals surface area (Å²) < 4.78 is 31.9. The number of ether oxygens (including phenoxy) is 1. The number of hydrogen-bond donors (Lipinski definition) is 0. The molecule has 0 spiro atoms. The zero-order chi connectivity index (χ0) is 21.0. The first-order chi connectivity index (χ1) is 13.8. The van der Waals surface area contributed by atoms with Crippen molar-refractivity contribution in [2.75, 3.05) is 33.3 Å². The Kier molecular flexibility index (Phi) is 6.14. The first-order valence-corrected chi connectivity index (χ1v) is 10.4. The summed E-state index contributed by atoms with van der Waals surface area (Å²) in [6.07, 6.45) is 0.215. The van der Waals surface area contributed by atoms with E-state index < -0.39 is 14.9 Å². The molecule has 10 heteroatoms. The third kappa shape index (κ3) is 4.72. The van der Waals surface area contributed by atoms with Gasteiger partial charge in [0, 0.05) is 38.3 Å². The molecule has 1 saturated heterocycles. The van der Waals surface area contributed by atoms with E-state index in [9.17, 15) is 23.3 Å². The van der Waals surface area contributed by atoms with E-state index in [0.29, 0.717) is 5.75 Å². The van der Waals surface area contributed by atoms with Crippen LogP contribution in [0.15, 0.2) is 53.4 Å². The number of nitro groups is 1. The number of non-ortho nitro benzene ring substituents is 1. The molecule has 0 atom stereocenters. The van der Waals surface area contributed by atoms with Gasteiger partial charge in [0.25, 0.3) is 5.69 Å². The minimum Gasteiger partial charge on any atom is -0.497 e. The summed E-state index contributed by atoms with van der Waals surface area (Å²) in [7, 11) is -2.20. The van der Waals surface area contributed by atoms with Gasteiger partial charge in [-0.15, -0.1) is 0 Å². The van der Waals surface area contributed by atoms with Crippen LogP contribution >= 0.6 is 0 Å². The van der Waals surface area contributed by atoms with Crippen LogP contribution in [-0.4, -0.2) is 61.7 Å². The average Bonchev–Trinajstić information content (AvgIpc) is 2.74. The Morgan fingerprint density at radius 2 is 1.76 bits per heavy atom. The quantitative estimate of drug-likeness (QED) is 0.520. The number of methoxy groups -OCH3 is 1. The third-order valence-corrected chi connectivity index (χ3v) is 6.68. The zero-order valence-electron chi connectivity index (χ0n) is 15.9. The summed E-state index contributed by atoms with van der Waals surface area (Å²) in [4.78, 5) is 24.3. The van der Waals surface area contributed by atoms with E-state index in [1.165, 1.54) is 28.6 Å². The number of amides is 1. The summed E-state index contributed by atoms with van der Waals surface area (Å²) in [5.74, 6) is 0.597. The predicted octanol–water partition coefficient (Wildman–Crippen LogP) is 1.68. The van der Waals surface area contributed by atoms with Crippen molar-refractivity contribution in [3.8, 4) is 5.75 Å². The summed E-state index contributed by atoms with van der Waals surface area (Å²) in [5.41, 5.74) is 0.659. The molecule has 0 radical (unpaired) electrons. The van der Waals surface area contributed by atoms with E-state index in [0.717, 1.165) is 5.56 Å². The normalized spacial score (nSPS) is 15.1. The smallest absolute Gasteiger partial charge is 0.269 e. The van der Waals surface area contributed by atoms with Crippen molar-refractivity contribution in [1.82, 2.24) is 9.21 Å². The van der Waals surface area contributed by atoms with Crippen molar-refractivity contribution in [3.63, 3.8) is 0 Å². The lowest BCUT2D eigenvalue weighted by Gasteiger charge is -2.34. The number of piperazine rings is 1. The lowest BCUT2D eigenvalue weighted by Crippen LogP contribution is -2.50. The van der Waals surface area contributed by atoms with Crippen LogP contribution in [0, 0.1) is 10.1 Å². The van der Waals surface area contributed by atoms with Crippen LogP contribution in [0.2, 0.25) is 0 Å². The van der Waals surface area contributed by atoms with E-state index in [1.807, 2.05) is 12.1 Å². The molecule has 1 fully saturated rings. The van der Waals surface area contributed by atoms with Crippen molar-refractivity contribution in [2.24, 2.45) is 0 Å². The fourth-order valence-corrected chi connectivity index (χ4v) is 4.56. The standard InChI is InChI=1S/C19H21N3O6S/c1-28-17-4-2-3-15(13-17)14-19(23)20-9-11-21(12-10-20)29(26,27)18-7-5-16(6-8-18)22(24)25/h2-8,13H,9-12,14H2,1H3. The molecule has 0 bridgehead atoms. The molecule has 2 aromatic carbocycles. The fraction of sp³-hybridized carbons (Fsp3) is 0.316. The van der Waals surface area contributed by atoms with Gasteiger partial charge in [0.1, 0.15) is 5.75 Å². The lowest BCUT2D eigenvalue weighted by atomic mass is 10.1. The highest BCUT2D eigenvalue weighted by Gasteiger charge is 2.30. The van der Waals surface area contributed by atoms with Gasteiger partial charge in [-0.05, 0) is 29.8 Å². The van der Waals surface area contributed by atoms with Crippen molar-refractivity contribution in [2.45, 2.75) is 11.3 Å². The van der Waals surface area contributed by atoms with E-state index in [1.54, 1.807) is 24.1 Å². The maximum absolute atomic E-state index is 12.7. The fourth-order valence-electron chi connectivity index (χ4n) is 3.14. The van der Waals surface area contributed by atoms with Gasteiger partial charge in [-0.1, -0.05) is 12.1 Å². The number of sulfonamides is 1. The summed E-state index contributed by atoms with van der Waals surface area (Å²) in [6.45, 7) is 0.913. The minimum absolute atomic E-state index is 0.000688. The van der Waals surface area contributed by atoms with Crippen LogP contribution in [-0.2, 0) is 21.2 Å². The van der Waals surface area contributed by atoms with Crippen LogP contribution in [0.4, 0.5) is 5.69 Å². The summed E-state index contributed by atoms with van der Waals surface area (Å²) in [6, 6.07) is 12.1. The molecule has 1 aliphatic rings. The maximum Gasteiger partial charge on any atom is 0.269 e. The molecule has 1 amide bonds. The maximum atomic E-state index is 12.7. The Hall–Kier alpha value is -2.98.